The van der Waals surface area contributed by atoms with Crippen LogP contribution in [0.5, 0.6) is 0 Å². The number of anilines is 1. The van der Waals surface area contributed by atoms with Gasteiger partial charge >= 0.3 is 0 Å². The number of nitrogens with zero attached hydrogens (tertiary/aromatic N) is 3. The second kappa shape index (κ2) is 6.47. The highest BCUT2D eigenvalue weighted by molar-refractivity contribution is 5.99. The number of carbonyl (C=O) groups is 1. The van der Waals surface area contributed by atoms with E-state index in [0.717, 1.165) is 18.0 Å². The van der Waals surface area contributed by atoms with Crippen LogP contribution in [-0.2, 0) is 6.54 Å². The van der Waals surface area contributed by atoms with Crippen molar-refractivity contribution < 1.29 is 14.1 Å². The fourth-order valence-corrected chi connectivity index (χ4v) is 2.12. The number of pyridine rings is 1. The van der Waals surface area contributed by atoms with Gasteiger partial charge in [0.25, 0.3) is 11.6 Å². The Balaban J connectivity index is 2.34. The number of carbonyl (C=O) groups excluding carboxylic acids is 1. The number of hydrogen-bond acceptors (Lipinski definition) is 6. The Kier molecular flexibility index (Phi) is 4.63. The topological polar surface area (TPSA) is 116 Å². The van der Waals surface area contributed by atoms with E-state index in [0.29, 0.717) is 5.76 Å². The van der Waals surface area contributed by atoms with E-state index in [1.165, 1.54) is 4.90 Å². The summed E-state index contributed by atoms with van der Waals surface area (Å²) in [4.78, 5) is 28.3. The molecule has 0 aliphatic carbocycles. The summed E-state index contributed by atoms with van der Waals surface area (Å²) in [5.41, 5.74) is 5.45. The van der Waals surface area contributed by atoms with Crippen LogP contribution in [0.2, 0.25) is 0 Å². The third kappa shape index (κ3) is 3.65. The van der Waals surface area contributed by atoms with E-state index in [1.54, 1.807) is 6.07 Å². The van der Waals surface area contributed by atoms with Crippen molar-refractivity contribution in [1.82, 2.24) is 9.88 Å². The van der Waals surface area contributed by atoms with Gasteiger partial charge in [0.2, 0.25) is 0 Å². The minimum atomic E-state index is -0.612. The lowest BCUT2D eigenvalue weighted by Gasteiger charge is -2.26. The second-order valence-corrected chi connectivity index (χ2v) is 5.42. The Hall–Kier alpha value is -2.90. The highest BCUT2D eigenvalue weighted by atomic mass is 16.6. The number of nitrogen functional groups attached to an aromatic ring is 1. The summed E-state index contributed by atoms with van der Waals surface area (Å²) >= 11 is 0. The molecule has 2 aromatic rings. The average molecular weight is 318 g/mol. The third-order valence-electron chi connectivity index (χ3n) is 3.35. The van der Waals surface area contributed by atoms with Crippen LogP contribution in [0, 0.1) is 17.0 Å². The van der Waals surface area contributed by atoms with Gasteiger partial charge in [-0.05, 0) is 32.9 Å². The minimum Gasteiger partial charge on any atom is -0.464 e. The lowest BCUT2D eigenvalue weighted by Crippen LogP contribution is -2.36. The molecule has 122 valence electrons. The average Bonchev–Trinajstić information content (AvgIpc) is 2.89. The molecule has 8 nitrogen and oxygen atoms in total. The molecule has 2 heterocycles. The zero-order valence-corrected chi connectivity index (χ0v) is 13.1. The van der Waals surface area contributed by atoms with Gasteiger partial charge in [0.1, 0.15) is 23.5 Å². The quantitative estimate of drug-likeness (QED) is 0.669. The van der Waals surface area contributed by atoms with E-state index in [4.69, 9.17) is 10.2 Å². The fourth-order valence-electron chi connectivity index (χ4n) is 2.12. The van der Waals surface area contributed by atoms with Crippen LogP contribution < -0.4 is 5.73 Å². The summed E-state index contributed by atoms with van der Waals surface area (Å²) in [6.45, 7) is 5.74. The van der Waals surface area contributed by atoms with Gasteiger partial charge < -0.3 is 15.1 Å². The second-order valence-electron chi connectivity index (χ2n) is 5.42. The van der Waals surface area contributed by atoms with Crippen LogP contribution in [0.4, 0.5) is 11.5 Å². The van der Waals surface area contributed by atoms with E-state index in [-0.39, 0.29) is 29.7 Å². The Morgan fingerprint density at radius 1 is 1.48 bits per heavy atom. The Morgan fingerprint density at radius 3 is 2.70 bits per heavy atom. The van der Waals surface area contributed by atoms with E-state index in [2.05, 4.69) is 4.98 Å². The Labute approximate surface area is 133 Å². The number of aryl methyl sites for hydroxylation is 1. The lowest BCUT2D eigenvalue weighted by atomic mass is 10.1. The molecule has 2 aromatic heterocycles. The van der Waals surface area contributed by atoms with Gasteiger partial charge in [-0.1, -0.05) is 0 Å². The maximum absolute atomic E-state index is 12.7. The largest absolute Gasteiger partial charge is 0.464 e. The van der Waals surface area contributed by atoms with E-state index in [9.17, 15) is 14.9 Å². The number of rotatable bonds is 5. The Bertz CT molecular complexity index is 739. The first kappa shape index (κ1) is 16.5. The minimum absolute atomic E-state index is 0.0104. The summed E-state index contributed by atoms with van der Waals surface area (Å²) in [7, 11) is 0. The van der Waals surface area contributed by atoms with Gasteiger partial charge in [-0.2, -0.15) is 0 Å². The summed E-state index contributed by atoms with van der Waals surface area (Å²) in [6, 6.07) is 4.59. The zero-order chi connectivity index (χ0) is 17.1. The van der Waals surface area contributed by atoms with Crippen molar-refractivity contribution in [3.05, 3.63) is 51.6 Å². The Morgan fingerprint density at radius 2 is 2.17 bits per heavy atom. The molecule has 2 rings (SSSR count). The summed E-state index contributed by atoms with van der Waals surface area (Å²) in [5, 5.41) is 10.9. The molecule has 8 heteroatoms. The highest BCUT2D eigenvalue weighted by Crippen LogP contribution is 2.21. The monoisotopic (exact) mass is 318 g/mol. The first-order chi connectivity index (χ1) is 10.8. The van der Waals surface area contributed by atoms with Gasteiger partial charge in [0.15, 0.2) is 0 Å². The maximum atomic E-state index is 12.7. The van der Waals surface area contributed by atoms with Gasteiger partial charge in [-0.15, -0.1) is 0 Å². The fraction of sp³-hybridized carbons (Fsp3) is 0.333. The van der Waals surface area contributed by atoms with Gasteiger partial charge in [-0.25, -0.2) is 4.98 Å². The molecular formula is C15H18N4O4. The molecule has 0 atom stereocenters. The third-order valence-corrected chi connectivity index (χ3v) is 3.35. The molecule has 0 fully saturated rings. The molecule has 1 amide bonds. The van der Waals surface area contributed by atoms with E-state index in [1.807, 2.05) is 26.8 Å². The molecule has 0 unspecified atom stereocenters. The van der Waals surface area contributed by atoms with Crippen LogP contribution in [0.3, 0.4) is 0 Å². The van der Waals surface area contributed by atoms with Crippen molar-refractivity contribution in [3.8, 4) is 0 Å². The number of nitrogens with two attached hydrogens (primary N) is 1. The molecule has 0 bridgehead atoms. The number of nitro groups is 1. The van der Waals surface area contributed by atoms with Crippen molar-refractivity contribution in [3.63, 3.8) is 0 Å². The van der Waals surface area contributed by atoms with Crippen molar-refractivity contribution in [2.75, 3.05) is 5.73 Å². The predicted molar refractivity (Wildman–Crippen MR) is 83.8 cm³/mol. The molecule has 0 saturated carbocycles. The first-order valence-corrected chi connectivity index (χ1v) is 7.05. The zero-order valence-electron chi connectivity index (χ0n) is 13.1. The van der Waals surface area contributed by atoms with Crippen LogP contribution in [-0.4, -0.2) is 26.8 Å². The number of hydrogen-bond donors (Lipinski definition) is 1. The van der Waals surface area contributed by atoms with Crippen LogP contribution in [0.25, 0.3) is 0 Å². The molecule has 0 saturated heterocycles. The molecule has 2 N–H and O–H groups in total. The van der Waals surface area contributed by atoms with E-state index < -0.39 is 10.8 Å². The lowest BCUT2D eigenvalue weighted by molar-refractivity contribution is -0.385. The molecular weight excluding hydrogens is 300 g/mol. The van der Waals surface area contributed by atoms with Crippen molar-refractivity contribution >= 4 is 17.4 Å². The van der Waals surface area contributed by atoms with Crippen molar-refractivity contribution in [2.24, 2.45) is 0 Å². The standard InChI is InChI=1S/C15H18N4O4/c1-9(2)18(8-12-5-4-10(3)23-12)15(20)13-6-11(19(21)22)7-17-14(13)16/h4-7,9H,8H2,1-3H3,(H2,16,17). The molecule has 0 spiro atoms. The van der Waals surface area contributed by atoms with Crippen LogP contribution >= 0.6 is 0 Å². The predicted octanol–water partition coefficient (Wildman–Crippen LogP) is 2.52. The van der Waals surface area contributed by atoms with Gasteiger partial charge in [-0.3, -0.25) is 14.9 Å². The van der Waals surface area contributed by atoms with Crippen molar-refractivity contribution in [1.29, 1.82) is 0 Å². The summed E-state index contributed by atoms with van der Waals surface area (Å²) in [5.74, 6) is 0.902. The summed E-state index contributed by atoms with van der Waals surface area (Å²) in [6.07, 6.45) is 1.03. The molecule has 0 radical (unpaired) electrons. The molecule has 0 aliphatic rings. The van der Waals surface area contributed by atoms with Gasteiger partial charge in [0, 0.05) is 12.1 Å². The maximum Gasteiger partial charge on any atom is 0.288 e. The van der Waals surface area contributed by atoms with Crippen LogP contribution in [0.1, 0.15) is 35.7 Å². The van der Waals surface area contributed by atoms with E-state index >= 15 is 0 Å². The van der Waals surface area contributed by atoms with Crippen molar-refractivity contribution in [2.45, 2.75) is 33.4 Å². The van der Waals surface area contributed by atoms with Crippen LogP contribution in [0.15, 0.2) is 28.8 Å². The normalized spacial score (nSPS) is 10.8. The number of amides is 1. The smallest absolute Gasteiger partial charge is 0.288 e. The molecule has 23 heavy (non-hydrogen) atoms. The van der Waals surface area contributed by atoms with Gasteiger partial charge in [0.05, 0.1) is 17.0 Å². The SMILES string of the molecule is Cc1ccc(CN(C(=O)c2cc([N+](=O)[O-])cnc2N)C(C)C)o1. The first-order valence-electron chi connectivity index (χ1n) is 7.05. The molecule has 0 aromatic carbocycles. The molecule has 0 aliphatic heterocycles. The number of furan rings is 1. The summed E-state index contributed by atoms with van der Waals surface area (Å²) < 4.78 is 5.49. The highest BCUT2D eigenvalue weighted by Gasteiger charge is 2.24. The number of aromatic nitrogens is 1.